The van der Waals surface area contributed by atoms with Gasteiger partial charge >= 0.3 is 0 Å². The molecule has 0 aromatic heterocycles. The van der Waals surface area contributed by atoms with Gasteiger partial charge in [-0.25, -0.2) is 0 Å². The monoisotopic (exact) mass is 361 g/mol. The van der Waals surface area contributed by atoms with Crippen molar-refractivity contribution in [3.8, 4) is 5.75 Å². The number of methoxy groups -OCH3 is 1. The summed E-state index contributed by atoms with van der Waals surface area (Å²) in [6.07, 6.45) is 2.85. The van der Waals surface area contributed by atoms with Gasteiger partial charge in [0.1, 0.15) is 5.75 Å². The predicted molar refractivity (Wildman–Crippen MR) is 105 cm³/mol. The summed E-state index contributed by atoms with van der Waals surface area (Å²) in [6, 6.07) is 18.5. The van der Waals surface area contributed by atoms with Gasteiger partial charge in [0.25, 0.3) is 0 Å². The maximum atomic E-state index is 10.6. The van der Waals surface area contributed by atoms with Gasteiger partial charge in [-0.1, -0.05) is 42.5 Å². The van der Waals surface area contributed by atoms with Crippen molar-refractivity contribution in [2.75, 3.05) is 26.7 Å². The quantitative estimate of drug-likeness (QED) is 0.840. The van der Waals surface area contributed by atoms with Crippen molar-refractivity contribution < 1.29 is 9.84 Å². The van der Waals surface area contributed by atoms with E-state index in [2.05, 4.69) is 35.2 Å². The van der Waals surface area contributed by atoms with E-state index in [9.17, 15) is 5.11 Å². The van der Waals surface area contributed by atoms with E-state index >= 15 is 0 Å². The summed E-state index contributed by atoms with van der Waals surface area (Å²) in [5, 5.41) is 10.6. The highest BCUT2D eigenvalue weighted by Crippen LogP contribution is 2.31. The Bertz CT molecular complexity index is 610. The molecule has 1 aliphatic rings. The lowest BCUT2D eigenvalue weighted by molar-refractivity contribution is 0.0592. The Hall–Kier alpha value is -1.55. The highest BCUT2D eigenvalue weighted by Gasteiger charge is 2.26. The van der Waals surface area contributed by atoms with Gasteiger partial charge in [-0.3, -0.25) is 0 Å². The first-order chi connectivity index (χ1) is 11.8. The molecule has 2 aromatic carbocycles. The van der Waals surface area contributed by atoms with E-state index in [0.29, 0.717) is 5.92 Å². The van der Waals surface area contributed by atoms with E-state index in [1.165, 1.54) is 5.56 Å². The van der Waals surface area contributed by atoms with Crippen LogP contribution in [-0.2, 0) is 6.42 Å². The average molecular weight is 362 g/mol. The van der Waals surface area contributed by atoms with Crippen LogP contribution in [0.25, 0.3) is 0 Å². The third-order valence-electron chi connectivity index (χ3n) is 5.10. The molecule has 136 valence electrons. The molecule has 1 aliphatic heterocycles. The normalized spacial score (nSPS) is 16.9. The Morgan fingerprint density at radius 3 is 2.28 bits per heavy atom. The van der Waals surface area contributed by atoms with Crippen LogP contribution in [0.5, 0.6) is 5.75 Å². The molecule has 2 aromatic rings. The van der Waals surface area contributed by atoms with E-state index in [0.717, 1.165) is 50.2 Å². The highest BCUT2D eigenvalue weighted by atomic mass is 35.5. The fourth-order valence-corrected chi connectivity index (χ4v) is 3.50. The third kappa shape index (κ3) is 5.46. The standard InChI is InChI=1S/C21H27NO2.ClH/c1-24-20-9-7-18(8-10-20)21(23)19-12-15-22(16-13-19)14-11-17-5-3-2-4-6-17;/h2-10,19,21,23H,11-16H2,1H3;1H. The number of ether oxygens (including phenoxy) is 1. The molecule has 0 amide bonds. The highest BCUT2D eigenvalue weighted by molar-refractivity contribution is 5.85. The zero-order chi connectivity index (χ0) is 16.8. The molecule has 3 nitrogen and oxygen atoms in total. The molecule has 1 fully saturated rings. The van der Waals surface area contributed by atoms with Crippen LogP contribution in [0.3, 0.4) is 0 Å². The van der Waals surface area contributed by atoms with E-state index in [-0.39, 0.29) is 18.5 Å². The summed E-state index contributed by atoms with van der Waals surface area (Å²) in [5.74, 6) is 1.19. The summed E-state index contributed by atoms with van der Waals surface area (Å²) in [4.78, 5) is 2.52. The van der Waals surface area contributed by atoms with Gasteiger partial charge in [0.15, 0.2) is 0 Å². The van der Waals surface area contributed by atoms with Gasteiger partial charge in [-0.2, -0.15) is 0 Å². The second-order valence-electron chi connectivity index (χ2n) is 6.63. The summed E-state index contributed by atoms with van der Waals surface area (Å²) >= 11 is 0. The molecule has 0 aliphatic carbocycles. The summed E-state index contributed by atoms with van der Waals surface area (Å²) in [7, 11) is 1.66. The fraction of sp³-hybridized carbons (Fsp3) is 0.429. The number of hydrogen-bond acceptors (Lipinski definition) is 3. The van der Waals surface area contributed by atoms with Crippen LogP contribution in [0.2, 0.25) is 0 Å². The van der Waals surface area contributed by atoms with Crippen LogP contribution >= 0.6 is 12.4 Å². The lowest BCUT2D eigenvalue weighted by atomic mass is 9.87. The van der Waals surface area contributed by atoms with Crippen LogP contribution in [0, 0.1) is 5.92 Å². The fourth-order valence-electron chi connectivity index (χ4n) is 3.50. The van der Waals surface area contributed by atoms with Gasteiger partial charge in [0, 0.05) is 6.54 Å². The minimum Gasteiger partial charge on any atom is -0.497 e. The number of rotatable bonds is 6. The van der Waals surface area contributed by atoms with Gasteiger partial charge < -0.3 is 14.7 Å². The summed E-state index contributed by atoms with van der Waals surface area (Å²) in [5.41, 5.74) is 2.40. The molecule has 25 heavy (non-hydrogen) atoms. The predicted octanol–water partition coefficient (Wildman–Crippen LogP) is 4.11. The number of aliphatic hydroxyl groups excluding tert-OH is 1. The number of aliphatic hydroxyl groups is 1. The van der Waals surface area contributed by atoms with Crippen molar-refractivity contribution in [2.45, 2.75) is 25.4 Å². The number of piperidine rings is 1. The first kappa shape index (κ1) is 19.8. The lowest BCUT2D eigenvalue weighted by Crippen LogP contribution is -2.36. The molecule has 0 spiro atoms. The lowest BCUT2D eigenvalue weighted by Gasteiger charge is -2.34. The van der Waals surface area contributed by atoms with Gasteiger partial charge in [-0.15, -0.1) is 12.4 Å². The molecule has 3 rings (SSSR count). The Balaban J connectivity index is 0.00000225. The first-order valence-corrected chi connectivity index (χ1v) is 8.84. The van der Waals surface area contributed by atoms with Crippen LogP contribution in [0.1, 0.15) is 30.1 Å². The van der Waals surface area contributed by atoms with Crippen molar-refractivity contribution in [3.05, 3.63) is 65.7 Å². The van der Waals surface area contributed by atoms with Gasteiger partial charge in [0.2, 0.25) is 0 Å². The SMILES string of the molecule is COc1ccc(C(O)C2CCN(CCc3ccccc3)CC2)cc1.Cl. The zero-order valence-corrected chi connectivity index (χ0v) is 15.6. The Morgan fingerprint density at radius 2 is 1.68 bits per heavy atom. The van der Waals surface area contributed by atoms with Gasteiger partial charge in [-0.05, 0) is 61.5 Å². The van der Waals surface area contributed by atoms with Crippen molar-refractivity contribution in [1.82, 2.24) is 4.90 Å². The minimum atomic E-state index is -0.368. The van der Waals surface area contributed by atoms with Crippen LogP contribution in [0.15, 0.2) is 54.6 Å². The van der Waals surface area contributed by atoms with Gasteiger partial charge in [0.05, 0.1) is 13.2 Å². The van der Waals surface area contributed by atoms with Crippen LogP contribution in [-0.4, -0.2) is 36.8 Å². The second kappa shape index (κ2) is 9.81. The van der Waals surface area contributed by atoms with Crippen LogP contribution in [0.4, 0.5) is 0 Å². The molecule has 0 saturated carbocycles. The van der Waals surface area contributed by atoms with E-state index in [1.54, 1.807) is 7.11 Å². The van der Waals surface area contributed by atoms with Crippen LogP contribution < -0.4 is 4.74 Å². The van der Waals surface area contributed by atoms with Crippen molar-refractivity contribution in [2.24, 2.45) is 5.92 Å². The topological polar surface area (TPSA) is 32.7 Å². The molecular formula is C21H28ClNO2. The summed E-state index contributed by atoms with van der Waals surface area (Å²) in [6.45, 7) is 3.25. The third-order valence-corrected chi connectivity index (χ3v) is 5.10. The van der Waals surface area contributed by atoms with E-state index < -0.39 is 0 Å². The molecule has 4 heteroatoms. The van der Waals surface area contributed by atoms with Crippen molar-refractivity contribution in [1.29, 1.82) is 0 Å². The Kier molecular flexibility index (Phi) is 7.76. The molecule has 1 N–H and O–H groups in total. The van der Waals surface area contributed by atoms with Crippen molar-refractivity contribution in [3.63, 3.8) is 0 Å². The maximum absolute atomic E-state index is 10.6. The molecule has 1 saturated heterocycles. The molecule has 0 radical (unpaired) electrons. The molecule has 1 heterocycles. The molecule has 1 atom stereocenters. The van der Waals surface area contributed by atoms with E-state index in [4.69, 9.17) is 4.74 Å². The average Bonchev–Trinajstić information content (AvgIpc) is 2.67. The smallest absolute Gasteiger partial charge is 0.118 e. The molecular weight excluding hydrogens is 334 g/mol. The number of likely N-dealkylation sites (tertiary alicyclic amines) is 1. The Labute approximate surface area is 157 Å². The minimum absolute atomic E-state index is 0. The summed E-state index contributed by atoms with van der Waals surface area (Å²) < 4.78 is 5.18. The molecule has 0 bridgehead atoms. The maximum Gasteiger partial charge on any atom is 0.118 e. The number of benzene rings is 2. The number of halogens is 1. The second-order valence-corrected chi connectivity index (χ2v) is 6.63. The largest absolute Gasteiger partial charge is 0.497 e. The first-order valence-electron chi connectivity index (χ1n) is 8.84. The van der Waals surface area contributed by atoms with E-state index in [1.807, 2.05) is 24.3 Å². The molecule has 1 unspecified atom stereocenters. The Morgan fingerprint density at radius 1 is 1.04 bits per heavy atom. The number of nitrogens with zero attached hydrogens (tertiary/aromatic N) is 1. The van der Waals surface area contributed by atoms with Crippen molar-refractivity contribution >= 4 is 12.4 Å². The zero-order valence-electron chi connectivity index (χ0n) is 14.8. The number of hydrogen-bond donors (Lipinski definition) is 1.